The van der Waals surface area contributed by atoms with E-state index >= 15 is 0 Å². The summed E-state index contributed by atoms with van der Waals surface area (Å²) >= 11 is 0. The Morgan fingerprint density at radius 1 is 1.30 bits per heavy atom. The molecule has 1 saturated carbocycles. The Labute approximate surface area is 121 Å². The van der Waals surface area contributed by atoms with Crippen molar-refractivity contribution in [3.05, 3.63) is 47.0 Å². The highest BCUT2D eigenvalue weighted by Crippen LogP contribution is 2.57. The molecule has 0 heterocycles. The van der Waals surface area contributed by atoms with Crippen LogP contribution in [0.3, 0.4) is 0 Å². The predicted molar refractivity (Wildman–Crippen MR) is 80.9 cm³/mol. The first-order valence-electron chi connectivity index (χ1n) is 8.08. The van der Waals surface area contributed by atoms with Gasteiger partial charge >= 0.3 is 0 Å². The van der Waals surface area contributed by atoms with Gasteiger partial charge in [-0.3, -0.25) is 4.79 Å². The Morgan fingerprint density at radius 2 is 2.20 bits per heavy atom. The summed E-state index contributed by atoms with van der Waals surface area (Å²) in [5.41, 5.74) is 3.68. The summed E-state index contributed by atoms with van der Waals surface area (Å²) in [5, 5.41) is 0. The number of fused-ring (bicyclic) bond motifs is 4. The summed E-state index contributed by atoms with van der Waals surface area (Å²) in [6, 6.07) is 6.56. The van der Waals surface area contributed by atoms with Crippen molar-refractivity contribution in [2.75, 3.05) is 0 Å². The third-order valence-corrected chi connectivity index (χ3v) is 5.75. The van der Waals surface area contributed by atoms with Gasteiger partial charge in [0.25, 0.3) is 0 Å². The van der Waals surface area contributed by atoms with Crippen LogP contribution in [0.5, 0.6) is 0 Å². The molecule has 3 atom stereocenters. The van der Waals surface area contributed by atoms with Crippen molar-refractivity contribution in [3.63, 3.8) is 0 Å². The van der Waals surface area contributed by atoms with E-state index in [0.29, 0.717) is 17.6 Å². The van der Waals surface area contributed by atoms with Crippen molar-refractivity contribution < 1.29 is 4.79 Å². The molecule has 1 aromatic carbocycles. The topological polar surface area (TPSA) is 17.1 Å². The van der Waals surface area contributed by atoms with Gasteiger partial charge in [-0.2, -0.15) is 0 Å². The van der Waals surface area contributed by atoms with Gasteiger partial charge in [0, 0.05) is 11.0 Å². The van der Waals surface area contributed by atoms with Crippen LogP contribution in [0.1, 0.15) is 54.1 Å². The minimum Gasteiger partial charge on any atom is -0.294 e. The molecule has 1 fully saturated rings. The van der Waals surface area contributed by atoms with Crippen molar-refractivity contribution in [2.24, 2.45) is 17.3 Å². The Bertz CT molecular complexity index is 598. The molecule has 0 aromatic heterocycles. The molecule has 0 saturated heterocycles. The van der Waals surface area contributed by atoms with Crippen LogP contribution in [-0.4, -0.2) is 5.78 Å². The number of ketones is 1. The fourth-order valence-electron chi connectivity index (χ4n) is 4.76. The third kappa shape index (κ3) is 1.58. The first-order chi connectivity index (χ1) is 9.73. The Morgan fingerprint density at radius 3 is 2.90 bits per heavy atom. The second-order valence-corrected chi connectivity index (χ2v) is 6.92. The van der Waals surface area contributed by atoms with Crippen LogP contribution >= 0.6 is 0 Å². The highest BCUT2D eigenvalue weighted by Gasteiger charge is 2.54. The summed E-state index contributed by atoms with van der Waals surface area (Å²) in [6.07, 6.45) is 11.4. The van der Waals surface area contributed by atoms with Gasteiger partial charge in [0.1, 0.15) is 0 Å². The van der Waals surface area contributed by atoms with E-state index in [2.05, 4.69) is 37.3 Å². The van der Waals surface area contributed by atoms with Crippen molar-refractivity contribution in [1.29, 1.82) is 0 Å². The molecular formula is C19H22O. The first-order valence-corrected chi connectivity index (χ1v) is 8.08. The van der Waals surface area contributed by atoms with Crippen LogP contribution in [0.25, 0.3) is 0 Å². The van der Waals surface area contributed by atoms with E-state index in [1.807, 2.05) is 0 Å². The lowest BCUT2D eigenvalue weighted by molar-refractivity contribution is 0.0702. The average Bonchev–Trinajstić information content (AvgIpc) is 3.05. The smallest absolute Gasteiger partial charge is 0.169 e. The van der Waals surface area contributed by atoms with Crippen LogP contribution in [0.4, 0.5) is 0 Å². The quantitative estimate of drug-likeness (QED) is 0.727. The van der Waals surface area contributed by atoms with E-state index in [4.69, 9.17) is 0 Å². The van der Waals surface area contributed by atoms with Gasteiger partial charge in [0.05, 0.1) is 0 Å². The van der Waals surface area contributed by atoms with E-state index in [0.717, 1.165) is 31.2 Å². The normalized spacial score (nSPS) is 34.0. The van der Waals surface area contributed by atoms with Gasteiger partial charge in [-0.25, -0.2) is 0 Å². The molecule has 0 N–H and O–H groups in total. The molecule has 3 aliphatic rings. The zero-order valence-corrected chi connectivity index (χ0v) is 12.2. The van der Waals surface area contributed by atoms with E-state index in [1.165, 1.54) is 24.0 Å². The molecule has 0 radical (unpaired) electrons. The summed E-state index contributed by atoms with van der Waals surface area (Å²) in [4.78, 5) is 13.1. The average molecular weight is 266 g/mol. The lowest BCUT2D eigenvalue weighted by atomic mass is 9.63. The Hall–Kier alpha value is -1.37. The van der Waals surface area contributed by atoms with Crippen LogP contribution < -0.4 is 0 Å². The van der Waals surface area contributed by atoms with Gasteiger partial charge in [-0.05, 0) is 55.1 Å². The molecular weight excluding hydrogens is 244 g/mol. The fourth-order valence-corrected chi connectivity index (χ4v) is 4.76. The predicted octanol–water partition coefficient (Wildman–Crippen LogP) is 4.35. The minimum atomic E-state index is -0.0430. The number of allylic oxidation sites excluding steroid dienone is 2. The molecule has 3 unspecified atom stereocenters. The van der Waals surface area contributed by atoms with Crippen LogP contribution in [0, 0.1) is 17.3 Å². The second kappa shape index (κ2) is 4.31. The monoisotopic (exact) mass is 266 g/mol. The number of hydrogen-bond donors (Lipinski definition) is 0. The van der Waals surface area contributed by atoms with Gasteiger partial charge in [-0.1, -0.05) is 43.7 Å². The van der Waals surface area contributed by atoms with Crippen molar-refractivity contribution in [2.45, 2.75) is 45.4 Å². The molecule has 1 aromatic rings. The number of carbonyl (C=O) groups is 1. The molecule has 4 rings (SSSR count). The van der Waals surface area contributed by atoms with Crippen LogP contribution in [0.15, 0.2) is 30.4 Å². The number of rotatable bonds is 2. The standard InChI is InChI=1S/C19H22O/c1-2-3-13-5-7-17-15(10-13)8-9-19(18(17)20)12-14-4-6-16(19)11-14/h4-7,10,14,16H,2-3,8-9,11-12H2,1H3. The summed E-state index contributed by atoms with van der Waals surface area (Å²) < 4.78 is 0. The summed E-state index contributed by atoms with van der Waals surface area (Å²) in [6.45, 7) is 2.21. The molecule has 0 amide bonds. The van der Waals surface area contributed by atoms with Gasteiger partial charge in [0.2, 0.25) is 0 Å². The molecule has 20 heavy (non-hydrogen) atoms. The molecule has 1 nitrogen and oxygen atoms in total. The maximum absolute atomic E-state index is 13.1. The zero-order chi connectivity index (χ0) is 13.7. The van der Waals surface area contributed by atoms with E-state index in [9.17, 15) is 4.79 Å². The molecule has 0 aliphatic heterocycles. The van der Waals surface area contributed by atoms with E-state index < -0.39 is 0 Å². The zero-order valence-electron chi connectivity index (χ0n) is 12.2. The summed E-state index contributed by atoms with van der Waals surface area (Å²) in [7, 11) is 0. The SMILES string of the molecule is CCCc1ccc2c(c1)CCC1(CC3C=CC1C3)C2=O. The van der Waals surface area contributed by atoms with Gasteiger partial charge < -0.3 is 0 Å². The minimum absolute atomic E-state index is 0.0430. The maximum Gasteiger partial charge on any atom is 0.169 e. The maximum atomic E-state index is 13.1. The van der Waals surface area contributed by atoms with Crippen LogP contribution in [-0.2, 0) is 12.8 Å². The molecule has 104 valence electrons. The lowest BCUT2D eigenvalue weighted by Gasteiger charge is -2.38. The van der Waals surface area contributed by atoms with Gasteiger partial charge in [-0.15, -0.1) is 0 Å². The summed E-state index contributed by atoms with van der Waals surface area (Å²) in [5.74, 6) is 1.63. The third-order valence-electron chi connectivity index (χ3n) is 5.75. The van der Waals surface area contributed by atoms with E-state index in [1.54, 1.807) is 0 Å². The highest BCUT2D eigenvalue weighted by molar-refractivity contribution is 6.03. The molecule has 3 aliphatic carbocycles. The number of carbonyl (C=O) groups excluding carboxylic acids is 1. The second-order valence-electron chi connectivity index (χ2n) is 6.92. The first kappa shape index (κ1) is 12.4. The number of Topliss-reactive ketones (excluding diaryl/α,β-unsaturated/α-hetero) is 1. The number of benzene rings is 1. The van der Waals surface area contributed by atoms with Crippen LogP contribution in [0.2, 0.25) is 0 Å². The molecule has 2 bridgehead atoms. The van der Waals surface area contributed by atoms with Crippen molar-refractivity contribution in [1.82, 2.24) is 0 Å². The molecule has 1 heteroatoms. The highest BCUT2D eigenvalue weighted by atomic mass is 16.1. The van der Waals surface area contributed by atoms with E-state index in [-0.39, 0.29) is 5.41 Å². The largest absolute Gasteiger partial charge is 0.294 e. The van der Waals surface area contributed by atoms with Crippen molar-refractivity contribution >= 4 is 5.78 Å². The van der Waals surface area contributed by atoms with Gasteiger partial charge in [0.15, 0.2) is 5.78 Å². The number of aryl methyl sites for hydroxylation is 2. The number of hydrogen-bond acceptors (Lipinski definition) is 1. The fraction of sp³-hybridized carbons (Fsp3) is 0.526. The Kier molecular flexibility index (Phi) is 2.67. The Balaban J connectivity index is 1.71. The van der Waals surface area contributed by atoms with Crippen molar-refractivity contribution in [3.8, 4) is 0 Å². The molecule has 1 spiro atoms. The lowest BCUT2D eigenvalue weighted by Crippen LogP contribution is -2.39.